The number of hydrogen-bond acceptors (Lipinski definition) is 4. The summed E-state index contributed by atoms with van der Waals surface area (Å²) < 4.78 is 10.5. The number of hydrogen-bond donors (Lipinski definition) is 0. The fourth-order valence-electron chi connectivity index (χ4n) is 2.11. The van der Waals surface area contributed by atoms with Gasteiger partial charge < -0.3 is 9.47 Å². The van der Waals surface area contributed by atoms with Gasteiger partial charge >= 0.3 is 11.9 Å². The van der Waals surface area contributed by atoms with E-state index in [0.29, 0.717) is 18.6 Å². The summed E-state index contributed by atoms with van der Waals surface area (Å²) in [5.74, 6) is -1.11. The average molecular weight is 292 g/mol. The Labute approximate surface area is 126 Å². The highest BCUT2D eigenvalue weighted by Gasteiger charge is 2.29. The van der Waals surface area contributed by atoms with Gasteiger partial charge in [0, 0.05) is 0 Å². The smallest absolute Gasteiger partial charge is 0.338 e. The van der Waals surface area contributed by atoms with Crippen molar-refractivity contribution in [2.45, 2.75) is 46.1 Å². The van der Waals surface area contributed by atoms with Gasteiger partial charge in [0.1, 0.15) is 6.10 Å². The SMILES string of the molecule is CCCCC(C(=O)OCC)C(C)OC(=O)c1ccccc1. The molecule has 21 heavy (non-hydrogen) atoms. The summed E-state index contributed by atoms with van der Waals surface area (Å²) >= 11 is 0. The third-order valence-electron chi connectivity index (χ3n) is 3.33. The predicted molar refractivity (Wildman–Crippen MR) is 81.0 cm³/mol. The van der Waals surface area contributed by atoms with Crippen molar-refractivity contribution < 1.29 is 19.1 Å². The highest BCUT2D eigenvalue weighted by atomic mass is 16.6. The van der Waals surface area contributed by atoms with Crippen LogP contribution in [0.5, 0.6) is 0 Å². The van der Waals surface area contributed by atoms with Gasteiger partial charge in [-0.15, -0.1) is 0 Å². The highest BCUT2D eigenvalue weighted by Crippen LogP contribution is 2.19. The normalized spacial score (nSPS) is 13.3. The summed E-state index contributed by atoms with van der Waals surface area (Å²) in [6.45, 7) is 5.91. The fraction of sp³-hybridized carbons (Fsp3) is 0.529. The van der Waals surface area contributed by atoms with Gasteiger partial charge in [-0.2, -0.15) is 0 Å². The van der Waals surface area contributed by atoms with Crippen LogP contribution in [-0.4, -0.2) is 24.6 Å². The first-order valence-corrected chi connectivity index (χ1v) is 7.52. The summed E-state index contributed by atoms with van der Waals surface area (Å²) in [7, 11) is 0. The lowest BCUT2D eigenvalue weighted by Crippen LogP contribution is -2.32. The number of carbonyl (C=O) groups is 2. The summed E-state index contributed by atoms with van der Waals surface area (Å²) in [6, 6.07) is 8.78. The maximum atomic E-state index is 12.0. The molecule has 0 fully saturated rings. The molecule has 0 spiro atoms. The molecule has 0 aromatic heterocycles. The lowest BCUT2D eigenvalue weighted by molar-refractivity contribution is -0.152. The molecular formula is C17H24O4. The van der Waals surface area contributed by atoms with Crippen molar-refractivity contribution in [3.8, 4) is 0 Å². The molecule has 0 radical (unpaired) electrons. The first-order valence-electron chi connectivity index (χ1n) is 7.52. The third-order valence-corrected chi connectivity index (χ3v) is 3.33. The summed E-state index contributed by atoms with van der Waals surface area (Å²) in [4.78, 5) is 24.0. The maximum absolute atomic E-state index is 12.0. The minimum atomic E-state index is -0.497. The quantitative estimate of drug-likeness (QED) is 0.687. The number of rotatable bonds is 8. The standard InChI is InChI=1S/C17H24O4/c1-4-6-12-15(17(19)20-5-2)13(3)21-16(18)14-10-8-7-9-11-14/h7-11,13,15H,4-6,12H2,1-3H3. The zero-order chi connectivity index (χ0) is 15.7. The molecular weight excluding hydrogens is 268 g/mol. The molecule has 0 saturated carbocycles. The van der Waals surface area contributed by atoms with Crippen LogP contribution in [0.25, 0.3) is 0 Å². The lowest BCUT2D eigenvalue weighted by atomic mass is 9.97. The lowest BCUT2D eigenvalue weighted by Gasteiger charge is -2.22. The second-order valence-electron chi connectivity index (χ2n) is 4.98. The van der Waals surface area contributed by atoms with Gasteiger partial charge in [-0.1, -0.05) is 38.0 Å². The van der Waals surface area contributed by atoms with E-state index < -0.39 is 18.0 Å². The predicted octanol–water partition coefficient (Wildman–Crippen LogP) is 3.60. The molecule has 4 nitrogen and oxygen atoms in total. The Morgan fingerprint density at radius 1 is 1.14 bits per heavy atom. The monoisotopic (exact) mass is 292 g/mol. The van der Waals surface area contributed by atoms with Crippen LogP contribution in [0.4, 0.5) is 0 Å². The zero-order valence-electron chi connectivity index (χ0n) is 13.0. The molecule has 0 saturated heterocycles. The van der Waals surface area contributed by atoms with Gasteiger partial charge in [0.2, 0.25) is 0 Å². The van der Waals surface area contributed by atoms with Gasteiger partial charge in [0.15, 0.2) is 0 Å². The van der Waals surface area contributed by atoms with Crippen molar-refractivity contribution in [1.82, 2.24) is 0 Å². The second kappa shape index (κ2) is 9.16. The van der Waals surface area contributed by atoms with E-state index in [9.17, 15) is 9.59 Å². The molecule has 2 atom stereocenters. The Bertz CT molecular complexity index is 441. The second-order valence-corrected chi connectivity index (χ2v) is 4.98. The van der Waals surface area contributed by atoms with E-state index in [0.717, 1.165) is 12.8 Å². The topological polar surface area (TPSA) is 52.6 Å². The van der Waals surface area contributed by atoms with E-state index in [1.807, 2.05) is 6.07 Å². The van der Waals surface area contributed by atoms with Crippen LogP contribution in [-0.2, 0) is 14.3 Å². The highest BCUT2D eigenvalue weighted by molar-refractivity contribution is 5.89. The average Bonchev–Trinajstić information content (AvgIpc) is 2.48. The van der Waals surface area contributed by atoms with Crippen LogP contribution < -0.4 is 0 Å². The van der Waals surface area contributed by atoms with E-state index in [1.54, 1.807) is 38.1 Å². The van der Waals surface area contributed by atoms with E-state index in [-0.39, 0.29) is 5.97 Å². The van der Waals surface area contributed by atoms with E-state index in [4.69, 9.17) is 9.47 Å². The van der Waals surface area contributed by atoms with Crippen molar-refractivity contribution in [1.29, 1.82) is 0 Å². The number of carbonyl (C=O) groups excluding carboxylic acids is 2. The molecule has 0 bridgehead atoms. The van der Waals surface area contributed by atoms with Crippen LogP contribution in [0.2, 0.25) is 0 Å². The van der Waals surface area contributed by atoms with Crippen LogP contribution in [0.3, 0.4) is 0 Å². The van der Waals surface area contributed by atoms with Crippen molar-refractivity contribution in [3.63, 3.8) is 0 Å². The molecule has 0 heterocycles. The summed E-state index contributed by atoms with van der Waals surface area (Å²) in [6.07, 6.45) is 2.05. The third kappa shape index (κ3) is 5.58. The van der Waals surface area contributed by atoms with Gasteiger partial charge in [-0.05, 0) is 32.4 Å². The molecule has 0 amide bonds. The van der Waals surface area contributed by atoms with Gasteiger partial charge in [0.25, 0.3) is 0 Å². The molecule has 1 aromatic carbocycles. The summed E-state index contributed by atoms with van der Waals surface area (Å²) in [5, 5.41) is 0. The number of benzene rings is 1. The Morgan fingerprint density at radius 2 is 1.81 bits per heavy atom. The molecule has 2 unspecified atom stereocenters. The van der Waals surface area contributed by atoms with E-state index in [2.05, 4.69) is 6.92 Å². The van der Waals surface area contributed by atoms with Gasteiger partial charge in [0.05, 0.1) is 18.1 Å². The van der Waals surface area contributed by atoms with Gasteiger partial charge in [-0.25, -0.2) is 4.79 Å². The van der Waals surface area contributed by atoms with Crippen molar-refractivity contribution in [3.05, 3.63) is 35.9 Å². The van der Waals surface area contributed by atoms with Crippen molar-refractivity contribution in [2.75, 3.05) is 6.61 Å². The van der Waals surface area contributed by atoms with Crippen LogP contribution in [0.15, 0.2) is 30.3 Å². The van der Waals surface area contributed by atoms with Crippen molar-refractivity contribution in [2.24, 2.45) is 5.92 Å². The molecule has 116 valence electrons. The zero-order valence-corrected chi connectivity index (χ0v) is 13.0. The Hall–Kier alpha value is -1.84. The first kappa shape index (κ1) is 17.2. The van der Waals surface area contributed by atoms with Gasteiger partial charge in [-0.3, -0.25) is 4.79 Å². The maximum Gasteiger partial charge on any atom is 0.338 e. The number of unbranched alkanes of at least 4 members (excludes halogenated alkanes) is 1. The largest absolute Gasteiger partial charge is 0.466 e. The van der Waals surface area contributed by atoms with Crippen LogP contribution >= 0.6 is 0 Å². The Kier molecular flexibility index (Phi) is 7.51. The molecule has 0 aliphatic heterocycles. The first-order chi connectivity index (χ1) is 10.1. The van der Waals surface area contributed by atoms with Crippen molar-refractivity contribution >= 4 is 11.9 Å². The van der Waals surface area contributed by atoms with Crippen LogP contribution in [0.1, 0.15) is 50.4 Å². The number of esters is 2. The molecule has 0 aliphatic carbocycles. The van der Waals surface area contributed by atoms with E-state index >= 15 is 0 Å². The molecule has 1 aromatic rings. The Morgan fingerprint density at radius 3 is 2.38 bits per heavy atom. The number of ether oxygens (including phenoxy) is 2. The molecule has 4 heteroatoms. The van der Waals surface area contributed by atoms with E-state index in [1.165, 1.54) is 0 Å². The molecule has 0 aliphatic rings. The summed E-state index contributed by atoms with van der Waals surface area (Å²) in [5.41, 5.74) is 0.488. The minimum absolute atomic E-state index is 0.292. The molecule has 0 N–H and O–H groups in total. The fourth-order valence-corrected chi connectivity index (χ4v) is 2.11. The molecule has 1 rings (SSSR count). The Balaban J connectivity index is 2.69. The minimum Gasteiger partial charge on any atom is -0.466 e. The van der Waals surface area contributed by atoms with Crippen LogP contribution in [0, 0.1) is 5.92 Å².